The number of hydrogen-bond acceptors (Lipinski definition) is 6. The first kappa shape index (κ1) is 23.9. The van der Waals surface area contributed by atoms with Gasteiger partial charge in [-0.25, -0.2) is 0 Å². The molecule has 1 amide bonds. The molecule has 0 aliphatic carbocycles. The third-order valence-electron chi connectivity index (χ3n) is 6.69. The van der Waals surface area contributed by atoms with Crippen molar-refractivity contribution in [3.63, 3.8) is 0 Å². The molecule has 1 N–H and O–H groups in total. The number of piperidine rings is 1. The summed E-state index contributed by atoms with van der Waals surface area (Å²) in [7, 11) is 1.49. The zero-order valence-corrected chi connectivity index (χ0v) is 20.6. The van der Waals surface area contributed by atoms with E-state index in [9.17, 15) is 14.7 Å². The number of benzene rings is 2. The summed E-state index contributed by atoms with van der Waals surface area (Å²) < 4.78 is 5.19. The molecular formula is C28H26ClN3O4. The van der Waals surface area contributed by atoms with Gasteiger partial charge in [-0.3, -0.25) is 19.5 Å². The van der Waals surface area contributed by atoms with Crippen LogP contribution in [0.1, 0.15) is 36.6 Å². The van der Waals surface area contributed by atoms with Crippen LogP contribution in [0.5, 0.6) is 5.75 Å². The van der Waals surface area contributed by atoms with Crippen LogP contribution in [-0.4, -0.2) is 42.0 Å². The Labute approximate surface area is 214 Å². The molecule has 2 aromatic carbocycles. The van der Waals surface area contributed by atoms with Crippen LogP contribution in [0.15, 0.2) is 72.4 Å². The van der Waals surface area contributed by atoms with Crippen molar-refractivity contribution < 1.29 is 19.4 Å². The van der Waals surface area contributed by atoms with E-state index in [4.69, 9.17) is 16.3 Å². The highest BCUT2D eigenvalue weighted by Gasteiger charge is 2.47. The number of halogens is 1. The summed E-state index contributed by atoms with van der Waals surface area (Å²) in [5.41, 5.74) is 2.37. The van der Waals surface area contributed by atoms with Gasteiger partial charge >= 0.3 is 0 Å². The van der Waals surface area contributed by atoms with Crippen molar-refractivity contribution in [2.45, 2.75) is 25.3 Å². The van der Waals surface area contributed by atoms with Crippen LogP contribution in [0.3, 0.4) is 0 Å². The Hall–Kier alpha value is -3.84. The van der Waals surface area contributed by atoms with Crippen LogP contribution in [-0.2, 0) is 9.59 Å². The zero-order chi connectivity index (χ0) is 25.2. The lowest BCUT2D eigenvalue weighted by molar-refractivity contribution is -0.132. The summed E-state index contributed by atoms with van der Waals surface area (Å²) >= 11 is 6.26. The van der Waals surface area contributed by atoms with Crippen LogP contribution in [0.4, 0.5) is 11.4 Å². The minimum Gasteiger partial charge on any atom is -0.507 e. The fraction of sp³-hybridized carbons (Fsp3) is 0.250. The molecule has 0 radical (unpaired) electrons. The van der Waals surface area contributed by atoms with E-state index in [0.29, 0.717) is 22.7 Å². The molecule has 0 saturated carbocycles. The van der Waals surface area contributed by atoms with Gasteiger partial charge in [0.25, 0.3) is 11.7 Å². The van der Waals surface area contributed by atoms with Gasteiger partial charge in [-0.2, -0.15) is 0 Å². The van der Waals surface area contributed by atoms with E-state index in [1.807, 2.05) is 24.3 Å². The Morgan fingerprint density at radius 2 is 1.72 bits per heavy atom. The number of aromatic nitrogens is 1. The number of hydrogen-bond donors (Lipinski definition) is 1. The third-order valence-corrected chi connectivity index (χ3v) is 6.98. The first-order chi connectivity index (χ1) is 17.5. The number of rotatable bonds is 5. The van der Waals surface area contributed by atoms with E-state index < -0.39 is 17.7 Å². The average molecular weight is 504 g/mol. The molecule has 184 valence electrons. The lowest BCUT2D eigenvalue weighted by Gasteiger charge is -2.30. The summed E-state index contributed by atoms with van der Waals surface area (Å²) in [6.45, 7) is 2.00. The molecule has 7 nitrogen and oxygen atoms in total. The molecule has 5 rings (SSSR count). The maximum absolute atomic E-state index is 13.3. The number of ether oxygens (including phenoxy) is 1. The fourth-order valence-corrected chi connectivity index (χ4v) is 5.12. The predicted octanol–water partition coefficient (Wildman–Crippen LogP) is 5.36. The average Bonchev–Trinajstić information content (AvgIpc) is 3.19. The minimum atomic E-state index is -0.895. The molecule has 1 atom stereocenters. The minimum absolute atomic E-state index is 0.0416. The number of Topliss-reactive ketones (excluding diaryl/α,β-unsaturated/α-hetero) is 1. The number of anilines is 2. The van der Waals surface area contributed by atoms with Gasteiger partial charge in [0, 0.05) is 36.2 Å². The van der Waals surface area contributed by atoms with E-state index in [2.05, 4.69) is 9.88 Å². The van der Waals surface area contributed by atoms with Gasteiger partial charge in [0.1, 0.15) is 17.6 Å². The van der Waals surface area contributed by atoms with Crippen LogP contribution in [0.2, 0.25) is 5.02 Å². The number of ketones is 1. The quantitative estimate of drug-likeness (QED) is 0.287. The largest absolute Gasteiger partial charge is 0.507 e. The first-order valence-corrected chi connectivity index (χ1v) is 12.3. The normalized spacial score (nSPS) is 19.6. The molecule has 3 heterocycles. The van der Waals surface area contributed by atoms with Gasteiger partial charge in [0.05, 0.1) is 23.4 Å². The molecule has 0 bridgehead atoms. The van der Waals surface area contributed by atoms with Crippen LogP contribution in [0, 0.1) is 0 Å². The van der Waals surface area contributed by atoms with Crippen molar-refractivity contribution in [2.24, 2.45) is 0 Å². The van der Waals surface area contributed by atoms with Gasteiger partial charge in [-0.05, 0) is 73.9 Å². The van der Waals surface area contributed by atoms with Gasteiger partial charge in [-0.15, -0.1) is 0 Å². The Morgan fingerprint density at radius 1 is 1.00 bits per heavy atom. The standard InChI is InChI=1S/C28H26ClN3O4/c1-36-23-13-8-18(17-21(23)29)26(33)24-25(22-7-3-4-14-30-22)32(28(35)27(24)34)20-11-9-19(10-12-20)31-15-5-2-6-16-31/h3-4,7-14,17,25,33H,2,5-6,15-16H2,1H3/b26-24-. The molecule has 8 heteroatoms. The van der Waals surface area contributed by atoms with Crippen molar-refractivity contribution in [3.05, 3.63) is 88.7 Å². The summed E-state index contributed by atoms with van der Waals surface area (Å²) in [5.74, 6) is -1.39. The number of pyridine rings is 1. The highest BCUT2D eigenvalue weighted by Crippen LogP contribution is 2.42. The van der Waals surface area contributed by atoms with Crippen LogP contribution in [0.25, 0.3) is 5.76 Å². The third kappa shape index (κ3) is 4.31. The van der Waals surface area contributed by atoms with E-state index in [1.165, 1.54) is 24.5 Å². The van der Waals surface area contributed by atoms with E-state index in [0.717, 1.165) is 31.6 Å². The second-order valence-electron chi connectivity index (χ2n) is 8.84. The summed E-state index contributed by atoms with van der Waals surface area (Å²) in [5, 5.41) is 11.5. The van der Waals surface area contributed by atoms with Gasteiger partial charge < -0.3 is 14.7 Å². The van der Waals surface area contributed by atoms with Gasteiger partial charge in [0.15, 0.2) is 0 Å². The smallest absolute Gasteiger partial charge is 0.300 e. The molecule has 2 saturated heterocycles. The number of aliphatic hydroxyl groups excluding tert-OH is 1. The molecule has 36 heavy (non-hydrogen) atoms. The highest BCUT2D eigenvalue weighted by molar-refractivity contribution is 6.51. The Morgan fingerprint density at radius 3 is 2.36 bits per heavy atom. The molecule has 2 fully saturated rings. The van der Waals surface area contributed by atoms with Crippen molar-refractivity contribution in [2.75, 3.05) is 30.0 Å². The Kier molecular flexibility index (Phi) is 6.65. The number of methoxy groups -OCH3 is 1. The summed E-state index contributed by atoms with van der Waals surface area (Å²) in [6, 6.07) is 16.7. The number of aliphatic hydroxyl groups is 1. The SMILES string of the molecule is COc1ccc(/C(O)=C2/C(=O)C(=O)N(c3ccc(N4CCCCC4)cc3)C2c2ccccn2)cc1Cl. The van der Waals surface area contributed by atoms with Gasteiger partial charge in [0.2, 0.25) is 0 Å². The maximum Gasteiger partial charge on any atom is 0.300 e. The molecule has 2 aliphatic heterocycles. The number of carbonyl (C=O) groups excluding carboxylic acids is 2. The van der Waals surface area contributed by atoms with Gasteiger partial charge in [-0.1, -0.05) is 17.7 Å². The fourth-order valence-electron chi connectivity index (χ4n) is 4.86. The Balaban J connectivity index is 1.59. The highest BCUT2D eigenvalue weighted by atomic mass is 35.5. The second-order valence-corrected chi connectivity index (χ2v) is 9.24. The first-order valence-electron chi connectivity index (χ1n) is 11.9. The Bertz CT molecular complexity index is 1320. The summed E-state index contributed by atoms with van der Waals surface area (Å²) in [4.78, 5) is 34.8. The molecular weight excluding hydrogens is 478 g/mol. The summed E-state index contributed by atoms with van der Waals surface area (Å²) in [6.07, 6.45) is 5.15. The number of amides is 1. The van der Waals surface area contributed by atoms with E-state index >= 15 is 0 Å². The molecule has 0 spiro atoms. The lowest BCUT2D eigenvalue weighted by Crippen LogP contribution is -2.31. The monoisotopic (exact) mass is 503 g/mol. The zero-order valence-electron chi connectivity index (χ0n) is 19.9. The lowest BCUT2D eigenvalue weighted by atomic mass is 9.98. The van der Waals surface area contributed by atoms with E-state index in [-0.39, 0.29) is 16.4 Å². The second kappa shape index (κ2) is 10.0. The molecule has 2 aliphatic rings. The topological polar surface area (TPSA) is 83.0 Å². The van der Waals surface area contributed by atoms with Crippen LogP contribution >= 0.6 is 11.6 Å². The van der Waals surface area contributed by atoms with Crippen molar-refractivity contribution in [1.82, 2.24) is 4.98 Å². The van der Waals surface area contributed by atoms with Crippen LogP contribution < -0.4 is 14.5 Å². The van der Waals surface area contributed by atoms with Crippen molar-refractivity contribution in [1.29, 1.82) is 0 Å². The molecule has 3 aromatic rings. The maximum atomic E-state index is 13.3. The molecule has 1 aromatic heterocycles. The molecule has 1 unspecified atom stereocenters. The predicted molar refractivity (Wildman–Crippen MR) is 140 cm³/mol. The van der Waals surface area contributed by atoms with E-state index in [1.54, 1.807) is 36.5 Å². The van der Waals surface area contributed by atoms with Crippen molar-refractivity contribution in [3.8, 4) is 5.75 Å². The number of nitrogens with zero attached hydrogens (tertiary/aromatic N) is 3. The van der Waals surface area contributed by atoms with Crippen molar-refractivity contribution >= 4 is 40.4 Å². The number of carbonyl (C=O) groups is 2.